The number of amides is 1. The van der Waals surface area contributed by atoms with E-state index in [1.54, 1.807) is 11.8 Å². The summed E-state index contributed by atoms with van der Waals surface area (Å²) in [6.45, 7) is 0.517. The lowest BCUT2D eigenvalue weighted by molar-refractivity contribution is 0.0953. The molecule has 0 spiro atoms. The van der Waals surface area contributed by atoms with Crippen molar-refractivity contribution in [3.05, 3.63) is 29.3 Å². The van der Waals surface area contributed by atoms with Gasteiger partial charge in [-0.05, 0) is 30.7 Å². The topological polar surface area (TPSA) is 67.1 Å². The van der Waals surface area contributed by atoms with Crippen molar-refractivity contribution in [2.24, 2.45) is 5.84 Å². The zero-order valence-electron chi connectivity index (χ0n) is 10.2. The molecule has 1 aromatic carbocycles. The summed E-state index contributed by atoms with van der Waals surface area (Å²) < 4.78 is 26.9. The van der Waals surface area contributed by atoms with Crippen LogP contribution in [0.5, 0.6) is 0 Å². The second-order valence-electron chi connectivity index (χ2n) is 4.30. The van der Waals surface area contributed by atoms with Gasteiger partial charge in [-0.15, -0.1) is 0 Å². The number of benzene rings is 1. The number of nitrogen functional groups attached to an aromatic ring is 1. The lowest BCUT2D eigenvalue weighted by atomic mass is 10.1. The van der Waals surface area contributed by atoms with E-state index in [2.05, 4.69) is 5.32 Å². The monoisotopic (exact) mass is 287 g/mol. The summed E-state index contributed by atoms with van der Waals surface area (Å²) in [4.78, 5) is 11.8. The van der Waals surface area contributed by atoms with Crippen LogP contribution in [0, 0.1) is 11.6 Å². The number of nitrogens with two attached hydrogens (primary N) is 1. The van der Waals surface area contributed by atoms with Gasteiger partial charge < -0.3 is 10.7 Å². The van der Waals surface area contributed by atoms with Gasteiger partial charge >= 0.3 is 0 Å². The molecule has 1 aromatic rings. The Labute approximate surface area is 114 Å². The highest BCUT2D eigenvalue weighted by Crippen LogP contribution is 2.25. The van der Waals surface area contributed by atoms with Crippen LogP contribution in [0.3, 0.4) is 0 Å². The van der Waals surface area contributed by atoms with Crippen molar-refractivity contribution in [2.75, 3.05) is 17.7 Å². The van der Waals surface area contributed by atoms with Crippen LogP contribution in [0.1, 0.15) is 23.2 Å². The Morgan fingerprint density at radius 3 is 2.63 bits per heavy atom. The number of thioether (sulfide) groups is 1. The number of hydrogen-bond acceptors (Lipinski definition) is 4. The van der Waals surface area contributed by atoms with Crippen LogP contribution in [0.15, 0.2) is 12.1 Å². The van der Waals surface area contributed by atoms with Gasteiger partial charge in [-0.2, -0.15) is 11.8 Å². The average Bonchev–Trinajstić information content (AvgIpc) is 2.88. The highest BCUT2D eigenvalue weighted by Gasteiger charge is 2.18. The standard InChI is InChI=1S/C12H15F2N3OS/c13-9-4-7(5-10(14)11(9)17-15)12(18)16-6-8-2-1-3-19-8/h4-5,8,17H,1-3,6,15H2,(H,16,18). The molecule has 4 N–H and O–H groups in total. The van der Waals surface area contributed by atoms with Gasteiger partial charge in [0.05, 0.1) is 0 Å². The minimum atomic E-state index is -0.886. The van der Waals surface area contributed by atoms with E-state index in [9.17, 15) is 13.6 Å². The lowest BCUT2D eigenvalue weighted by Gasteiger charge is -2.11. The van der Waals surface area contributed by atoms with Crippen molar-refractivity contribution in [2.45, 2.75) is 18.1 Å². The molecular weight excluding hydrogens is 272 g/mol. The molecule has 1 aliphatic rings. The van der Waals surface area contributed by atoms with Crippen molar-refractivity contribution in [1.82, 2.24) is 5.32 Å². The molecule has 19 heavy (non-hydrogen) atoms. The lowest BCUT2D eigenvalue weighted by Crippen LogP contribution is -2.30. The van der Waals surface area contributed by atoms with Crippen LogP contribution in [0.4, 0.5) is 14.5 Å². The maximum atomic E-state index is 13.4. The summed E-state index contributed by atoms with van der Waals surface area (Å²) in [7, 11) is 0. The second-order valence-corrected chi connectivity index (χ2v) is 5.71. The molecule has 1 atom stereocenters. The Hall–Kier alpha value is -1.34. The molecule has 104 valence electrons. The van der Waals surface area contributed by atoms with Gasteiger partial charge in [-0.1, -0.05) is 0 Å². The predicted octanol–water partition coefficient (Wildman–Crippen LogP) is 1.88. The third-order valence-corrected chi connectivity index (χ3v) is 4.36. The first-order valence-corrected chi connectivity index (χ1v) is 7.02. The van der Waals surface area contributed by atoms with Crippen LogP contribution in [-0.4, -0.2) is 23.5 Å². The number of halogens is 2. The molecule has 0 aliphatic carbocycles. The molecule has 7 heteroatoms. The molecule has 2 rings (SSSR count). The molecule has 1 heterocycles. The summed E-state index contributed by atoms with van der Waals surface area (Å²) >= 11 is 1.80. The third-order valence-electron chi connectivity index (χ3n) is 2.96. The van der Waals surface area contributed by atoms with E-state index >= 15 is 0 Å². The first-order chi connectivity index (χ1) is 9.11. The first-order valence-electron chi connectivity index (χ1n) is 5.97. The first kappa shape index (κ1) is 14.1. The van der Waals surface area contributed by atoms with Gasteiger partial charge in [0.1, 0.15) is 5.69 Å². The minimum absolute atomic E-state index is 0.0444. The predicted molar refractivity (Wildman–Crippen MR) is 72.0 cm³/mol. The molecule has 1 fully saturated rings. The zero-order valence-corrected chi connectivity index (χ0v) is 11.0. The van der Waals surface area contributed by atoms with Crippen LogP contribution in [-0.2, 0) is 0 Å². The molecule has 1 amide bonds. The normalized spacial score (nSPS) is 18.4. The molecule has 0 saturated carbocycles. The molecule has 0 aromatic heterocycles. The molecular formula is C12H15F2N3OS. The summed E-state index contributed by atoms with van der Waals surface area (Å²) in [6, 6.07) is 1.94. The summed E-state index contributed by atoms with van der Waals surface area (Å²) in [5.74, 6) is 3.83. The summed E-state index contributed by atoms with van der Waals surface area (Å²) in [6.07, 6.45) is 2.20. The molecule has 1 aliphatic heterocycles. The van der Waals surface area contributed by atoms with Gasteiger partial charge in [-0.25, -0.2) is 8.78 Å². The maximum absolute atomic E-state index is 13.4. The fourth-order valence-corrected chi connectivity index (χ4v) is 3.16. The Morgan fingerprint density at radius 1 is 1.42 bits per heavy atom. The highest BCUT2D eigenvalue weighted by molar-refractivity contribution is 8.00. The van der Waals surface area contributed by atoms with E-state index in [1.807, 2.05) is 5.43 Å². The van der Waals surface area contributed by atoms with E-state index in [4.69, 9.17) is 5.84 Å². The fraction of sp³-hybridized carbons (Fsp3) is 0.417. The van der Waals surface area contributed by atoms with E-state index in [0.717, 1.165) is 30.7 Å². The summed E-state index contributed by atoms with van der Waals surface area (Å²) in [5.41, 5.74) is 1.44. The van der Waals surface area contributed by atoms with Crippen molar-refractivity contribution < 1.29 is 13.6 Å². The smallest absolute Gasteiger partial charge is 0.251 e. The van der Waals surface area contributed by atoms with Crippen molar-refractivity contribution in [3.8, 4) is 0 Å². The van der Waals surface area contributed by atoms with Crippen LogP contribution >= 0.6 is 11.8 Å². The van der Waals surface area contributed by atoms with Gasteiger partial charge in [0.2, 0.25) is 0 Å². The third kappa shape index (κ3) is 3.36. The van der Waals surface area contributed by atoms with Crippen molar-refractivity contribution >= 4 is 23.4 Å². The molecule has 4 nitrogen and oxygen atoms in total. The number of anilines is 1. The molecule has 0 bridgehead atoms. The Balaban J connectivity index is 2.02. The van der Waals surface area contributed by atoms with E-state index in [0.29, 0.717) is 11.8 Å². The van der Waals surface area contributed by atoms with Crippen LogP contribution < -0.4 is 16.6 Å². The van der Waals surface area contributed by atoms with E-state index in [1.165, 1.54) is 0 Å². The van der Waals surface area contributed by atoms with Crippen molar-refractivity contribution in [3.63, 3.8) is 0 Å². The van der Waals surface area contributed by atoms with E-state index in [-0.39, 0.29) is 5.56 Å². The zero-order chi connectivity index (χ0) is 13.8. The molecule has 1 saturated heterocycles. The van der Waals surface area contributed by atoms with Crippen molar-refractivity contribution in [1.29, 1.82) is 0 Å². The highest BCUT2D eigenvalue weighted by atomic mass is 32.2. The Bertz CT molecular complexity index is 455. The Kier molecular flexibility index (Phi) is 4.60. The number of carbonyl (C=O) groups excluding carboxylic acids is 1. The number of hydrogen-bond donors (Lipinski definition) is 3. The second kappa shape index (κ2) is 6.21. The number of nitrogens with one attached hydrogen (secondary N) is 2. The fourth-order valence-electron chi connectivity index (χ4n) is 1.96. The quantitative estimate of drug-likeness (QED) is 0.584. The number of rotatable bonds is 4. The molecule has 0 radical (unpaired) electrons. The largest absolute Gasteiger partial charge is 0.351 e. The SMILES string of the molecule is NNc1c(F)cc(C(=O)NCC2CCCS2)cc1F. The van der Waals surface area contributed by atoms with Gasteiger partial charge in [0.15, 0.2) is 11.6 Å². The van der Waals surface area contributed by atoms with Gasteiger partial charge in [-0.3, -0.25) is 10.6 Å². The summed E-state index contributed by atoms with van der Waals surface area (Å²) in [5, 5.41) is 3.08. The number of carbonyl (C=O) groups is 1. The van der Waals surface area contributed by atoms with Crippen LogP contribution in [0.2, 0.25) is 0 Å². The number of hydrazine groups is 1. The van der Waals surface area contributed by atoms with E-state index < -0.39 is 23.2 Å². The Morgan fingerprint density at radius 2 is 2.11 bits per heavy atom. The molecule has 1 unspecified atom stereocenters. The maximum Gasteiger partial charge on any atom is 0.251 e. The minimum Gasteiger partial charge on any atom is -0.351 e. The van der Waals surface area contributed by atoms with Crippen LogP contribution in [0.25, 0.3) is 0 Å². The van der Waals surface area contributed by atoms with Gasteiger partial charge in [0, 0.05) is 17.4 Å². The average molecular weight is 287 g/mol. The van der Waals surface area contributed by atoms with Gasteiger partial charge in [0.25, 0.3) is 5.91 Å².